The summed E-state index contributed by atoms with van der Waals surface area (Å²) in [5.41, 5.74) is 0.461. The number of nitrogens with one attached hydrogen (secondary N) is 1. The Morgan fingerprint density at radius 2 is 1.53 bits per heavy atom. The minimum absolute atomic E-state index is 0.330. The van der Waals surface area contributed by atoms with Crippen molar-refractivity contribution in [1.29, 1.82) is 0 Å². The summed E-state index contributed by atoms with van der Waals surface area (Å²) in [5, 5.41) is 3.39. The average molecular weight is 261 g/mol. The van der Waals surface area contributed by atoms with Crippen LogP contribution in [0, 0.1) is 35.0 Å². The van der Waals surface area contributed by atoms with Crippen molar-refractivity contribution in [3.63, 3.8) is 0 Å². The van der Waals surface area contributed by atoms with Crippen molar-refractivity contribution in [3.8, 4) is 0 Å². The Morgan fingerprint density at radius 1 is 1.05 bits per heavy atom. The van der Waals surface area contributed by atoms with Crippen LogP contribution in [0.2, 0.25) is 0 Å². The molecule has 3 atom stereocenters. The third-order valence-corrected chi connectivity index (χ3v) is 6.81. The molecule has 0 unspecified atom stereocenters. The van der Waals surface area contributed by atoms with E-state index in [1.54, 1.807) is 0 Å². The van der Waals surface area contributed by atoms with Crippen molar-refractivity contribution in [2.24, 2.45) is 35.0 Å². The molecule has 5 rings (SSSR count). The Hall–Kier alpha value is -0.530. The van der Waals surface area contributed by atoms with Crippen LogP contribution in [-0.4, -0.2) is 11.9 Å². The molecule has 0 aromatic rings. The summed E-state index contributed by atoms with van der Waals surface area (Å²) < 4.78 is 0. The lowest BCUT2D eigenvalue weighted by Crippen LogP contribution is -2.56. The number of carbonyl (C=O) groups is 1. The number of rotatable bonds is 3. The standard InChI is InChI=1S/C17H27NO/c1-10-3-15(10)16(19)18-11(2)17-7-12-4-13(8-17)6-14(5-12)9-17/h10-15H,3-9H2,1-2H3,(H,18,19)/t10-,11-,12?,13?,14?,15-,17?/m1/s1. The molecule has 0 aromatic carbocycles. The first kappa shape index (κ1) is 12.2. The van der Waals surface area contributed by atoms with Crippen LogP contribution >= 0.6 is 0 Å². The lowest BCUT2D eigenvalue weighted by molar-refractivity contribution is -0.127. The van der Waals surface area contributed by atoms with Gasteiger partial charge in [0.25, 0.3) is 0 Å². The third-order valence-electron chi connectivity index (χ3n) is 6.81. The minimum Gasteiger partial charge on any atom is -0.353 e. The molecule has 0 saturated heterocycles. The van der Waals surface area contributed by atoms with Crippen LogP contribution in [0.1, 0.15) is 58.8 Å². The van der Waals surface area contributed by atoms with E-state index in [-0.39, 0.29) is 0 Å². The summed E-state index contributed by atoms with van der Waals surface area (Å²) in [5.74, 6) is 4.23. The molecule has 5 saturated carbocycles. The van der Waals surface area contributed by atoms with Gasteiger partial charge in [-0.3, -0.25) is 4.79 Å². The van der Waals surface area contributed by atoms with Crippen molar-refractivity contribution in [2.45, 2.75) is 64.8 Å². The second kappa shape index (κ2) is 3.99. The van der Waals surface area contributed by atoms with E-state index in [4.69, 9.17) is 0 Å². The fourth-order valence-electron chi connectivity index (χ4n) is 5.87. The predicted molar refractivity (Wildman–Crippen MR) is 75.5 cm³/mol. The van der Waals surface area contributed by atoms with Crippen molar-refractivity contribution in [1.82, 2.24) is 5.32 Å². The topological polar surface area (TPSA) is 29.1 Å². The van der Waals surface area contributed by atoms with Gasteiger partial charge in [-0.15, -0.1) is 0 Å². The first-order chi connectivity index (χ1) is 9.06. The number of hydrogen-bond donors (Lipinski definition) is 1. The zero-order valence-corrected chi connectivity index (χ0v) is 12.3. The predicted octanol–water partition coefficient (Wildman–Crippen LogP) is 3.36. The molecule has 19 heavy (non-hydrogen) atoms. The van der Waals surface area contributed by atoms with E-state index in [1.165, 1.54) is 38.5 Å². The highest BCUT2D eigenvalue weighted by molar-refractivity contribution is 5.81. The van der Waals surface area contributed by atoms with Crippen molar-refractivity contribution >= 4 is 5.91 Å². The smallest absolute Gasteiger partial charge is 0.223 e. The Kier molecular flexibility index (Phi) is 2.57. The van der Waals surface area contributed by atoms with Crippen LogP contribution < -0.4 is 5.32 Å². The van der Waals surface area contributed by atoms with Crippen molar-refractivity contribution in [2.75, 3.05) is 0 Å². The van der Waals surface area contributed by atoms with Crippen molar-refractivity contribution in [3.05, 3.63) is 0 Å². The molecule has 1 N–H and O–H groups in total. The van der Waals surface area contributed by atoms with Gasteiger partial charge in [0.1, 0.15) is 0 Å². The Labute approximate surface area is 116 Å². The summed E-state index contributed by atoms with van der Waals surface area (Å²) in [6.45, 7) is 4.48. The van der Waals surface area contributed by atoms with Gasteiger partial charge in [-0.2, -0.15) is 0 Å². The first-order valence-electron chi connectivity index (χ1n) is 8.36. The fraction of sp³-hybridized carbons (Fsp3) is 0.941. The van der Waals surface area contributed by atoms with Gasteiger partial charge in [0, 0.05) is 12.0 Å². The second-order valence-electron chi connectivity index (χ2n) is 8.33. The van der Waals surface area contributed by atoms with Gasteiger partial charge in [0.2, 0.25) is 5.91 Å². The molecule has 1 amide bonds. The molecule has 0 aromatic heterocycles. The van der Waals surface area contributed by atoms with E-state index in [0.717, 1.165) is 24.2 Å². The normalized spacial score (nSPS) is 52.0. The van der Waals surface area contributed by atoms with Gasteiger partial charge < -0.3 is 5.32 Å². The molecule has 5 aliphatic carbocycles. The zero-order valence-electron chi connectivity index (χ0n) is 12.3. The zero-order chi connectivity index (χ0) is 13.2. The summed E-state index contributed by atoms with van der Waals surface area (Å²) in [6, 6.07) is 0.404. The lowest BCUT2D eigenvalue weighted by Gasteiger charge is -2.59. The average Bonchev–Trinajstić information content (AvgIpc) is 3.04. The highest BCUT2D eigenvalue weighted by Crippen LogP contribution is 2.61. The molecular weight excluding hydrogens is 234 g/mol. The largest absolute Gasteiger partial charge is 0.353 e. The molecule has 2 heteroatoms. The maximum absolute atomic E-state index is 12.2. The number of carbonyl (C=O) groups excluding carboxylic acids is 1. The van der Waals surface area contributed by atoms with Gasteiger partial charge in [-0.05, 0) is 81.0 Å². The quantitative estimate of drug-likeness (QED) is 0.829. The minimum atomic E-state index is 0.330. The van der Waals surface area contributed by atoms with Crippen molar-refractivity contribution < 1.29 is 4.79 Å². The Morgan fingerprint density at radius 3 is 1.95 bits per heavy atom. The van der Waals surface area contributed by atoms with Gasteiger partial charge in [0.15, 0.2) is 0 Å². The molecule has 2 nitrogen and oxygen atoms in total. The third kappa shape index (κ3) is 1.94. The lowest BCUT2D eigenvalue weighted by atomic mass is 9.48. The SMILES string of the molecule is C[C@@H]1C[C@H]1C(=O)N[C@H](C)C12CC3CC(CC(C3)C1)C2. The van der Waals surface area contributed by atoms with E-state index in [9.17, 15) is 4.79 Å². The van der Waals surface area contributed by atoms with Crippen LogP contribution in [0.5, 0.6) is 0 Å². The van der Waals surface area contributed by atoms with E-state index >= 15 is 0 Å². The maximum Gasteiger partial charge on any atom is 0.223 e. The molecule has 106 valence electrons. The van der Waals surface area contributed by atoms with E-state index in [1.807, 2.05) is 0 Å². The molecule has 0 spiro atoms. The second-order valence-corrected chi connectivity index (χ2v) is 8.33. The summed E-state index contributed by atoms with van der Waals surface area (Å²) in [7, 11) is 0. The van der Waals surface area contributed by atoms with Gasteiger partial charge >= 0.3 is 0 Å². The fourth-order valence-corrected chi connectivity index (χ4v) is 5.87. The molecule has 5 fully saturated rings. The highest BCUT2D eigenvalue weighted by Gasteiger charge is 2.53. The molecule has 4 bridgehead atoms. The van der Waals surface area contributed by atoms with Crippen LogP contribution in [0.3, 0.4) is 0 Å². The monoisotopic (exact) mass is 261 g/mol. The van der Waals surface area contributed by atoms with Gasteiger partial charge in [-0.25, -0.2) is 0 Å². The molecule has 0 aliphatic heterocycles. The molecular formula is C17H27NO. The Bertz CT molecular complexity index is 367. The van der Waals surface area contributed by atoms with Gasteiger partial charge in [-0.1, -0.05) is 6.92 Å². The highest BCUT2D eigenvalue weighted by atomic mass is 16.2. The Balaban J connectivity index is 1.47. The first-order valence-corrected chi connectivity index (χ1v) is 8.36. The van der Waals surface area contributed by atoms with Gasteiger partial charge in [0.05, 0.1) is 0 Å². The molecule has 5 aliphatic rings. The van der Waals surface area contributed by atoms with Crippen LogP contribution in [-0.2, 0) is 4.79 Å². The molecule has 0 radical (unpaired) electrons. The van der Waals surface area contributed by atoms with E-state index in [0.29, 0.717) is 29.2 Å². The summed E-state index contributed by atoms with van der Waals surface area (Å²) in [6.07, 6.45) is 9.74. The maximum atomic E-state index is 12.2. The van der Waals surface area contributed by atoms with E-state index in [2.05, 4.69) is 19.2 Å². The summed E-state index contributed by atoms with van der Waals surface area (Å²) in [4.78, 5) is 12.2. The van der Waals surface area contributed by atoms with Crippen LogP contribution in [0.25, 0.3) is 0 Å². The summed E-state index contributed by atoms with van der Waals surface area (Å²) >= 11 is 0. The van der Waals surface area contributed by atoms with Crippen LogP contribution in [0.4, 0.5) is 0 Å². The van der Waals surface area contributed by atoms with E-state index < -0.39 is 0 Å². The number of amides is 1. The number of hydrogen-bond acceptors (Lipinski definition) is 1. The van der Waals surface area contributed by atoms with Crippen LogP contribution in [0.15, 0.2) is 0 Å². The molecule has 0 heterocycles.